The summed E-state index contributed by atoms with van der Waals surface area (Å²) in [6.45, 7) is 2.17. The second kappa shape index (κ2) is 6.56. The highest BCUT2D eigenvalue weighted by Gasteiger charge is 2.54. The Morgan fingerprint density at radius 1 is 1.10 bits per heavy atom. The number of hydrogen-bond acceptors (Lipinski definition) is 3. The molecule has 1 aliphatic heterocycles. The number of hydrogen-bond donors (Lipinski definition) is 1. The van der Waals surface area contributed by atoms with Gasteiger partial charge in [0.15, 0.2) is 0 Å². The van der Waals surface area contributed by atoms with Gasteiger partial charge < -0.3 is 4.90 Å². The Hall–Kier alpha value is -2.39. The van der Waals surface area contributed by atoms with Crippen LogP contribution in [0, 0.1) is 36.5 Å². The Morgan fingerprint density at radius 3 is 2.72 bits per heavy atom. The van der Waals surface area contributed by atoms with Crippen molar-refractivity contribution in [2.24, 2.45) is 34.6 Å². The van der Waals surface area contributed by atoms with Gasteiger partial charge in [0.2, 0.25) is 0 Å². The summed E-state index contributed by atoms with van der Waals surface area (Å²) in [5.74, 6) is 4.59. The minimum absolute atomic E-state index is 0.197. The average molecular weight is 384 g/mol. The van der Waals surface area contributed by atoms with Gasteiger partial charge in [-0.2, -0.15) is 0 Å². The van der Waals surface area contributed by atoms with E-state index in [4.69, 9.17) is 4.99 Å². The number of aryl methyl sites for hydroxylation is 1. The molecular formula is C26H29N3. The van der Waals surface area contributed by atoms with E-state index < -0.39 is 0 Å². The highest BCUT2D eigenvalue weighted by Crippen LogP contribution is 2.54. The van der Waals surface area contributed by atoms with Crippen LogP contribution in [0.15, 0.2) is 77.4 Å². The van der Waals surface area contributed by atoms with Gasteiger partial charge in [0.25, 0.3) is 0 Å². The van der Waals surface area contributed by atoms with Crippen LogP contribution in [0.2, 0.25) is 0 Å². The lowest BCUT2D eigenvalue weighted by Crippen LogP contribution is -2.57. The average Bonchev–Trinajstić information content (AvgIpc) is 3.63. The van der Waals surface area contributed by atoms with E-state index in [1.54, 1.807) is 5.57 Å². The Balaban J connectivity index is 1.33. The smallest absolute Gasteiger partial charge is 0.107 e. The molecule has 0 spiro atoms. The number of nitrogens with one attached hydrogen (secondary N) is 1. The molecule has 4 aliphatic carbocycles. The summed E-state index contributed by atoms with van der Waals surface area (Å²) in [4.78, 5) is 7.68. The second-order valence-corrected chi connectivity index (χ2v) is 9.40. The first kappa shape index (κ1) is 17.5. The van der Waals surface area contributed by atoms with Gasteiger partial charge >= 0.3 is 0 Å². The quantitative estimate of drug-likeness (QED) is 0.842. The van der Waals surface area contributed by atoms with Crippen LogP contribution in [-0.2, 0) is 6.42 Å². The van der Waals surface area contributed by atoms with Gasteiger partial charge in [-0.15, -0.1) is 0 Å². The van der Waals surface area contributed by atoms with Crippen LogP contribution < -0.4 is 5.32 Å². The first-order valence-corrected chi connectivity index (χ1v) is 11.0. The molecule has 3 nitrogen and oxygen atoms in total. The van der Waals surface area contributed by atoms with E-state index in [2.05, 4.69) is 91.0 Å². The number of benzene rings is 1. The molecule has 3 heteroatoms. The second-order valence-electron chi connectivity index (χ2n) is 9.40. The van der Waals surface area contributed by atoms with Crippen molar-refractivity contribution in [3.8, 4) is 0 Å². The van der Waals surface area contributed by atoms with E-state index in [1.807, 2.05) is 0 Å². The molecule has 0 aromatic heterocycles. The molecule has 1 heterocycles. The highest BCUT2D eigenvalue weighted by molar-refractivity contribution is 5.86. The van der Waals surface area contributed by atoms with Gasteiger partial charge in [-0.1, -0.05) is 72.4 Å². The molecule has 6 rings (SSSR count). The number of amidine groups is 1. The Morgan fingerprint density at radius 2 is 1.93 bits per heavy atom. The van der Waals surface area contributed by atoms with E-state index in [9.17, 15) is 0 Å². The van der Waals surface area contributed by atoms with Gasteiger partial charge in [-0.05, 0) is 48.2 Å². The molecule has 6 atom stereocenters. The van der Waals surface area contributed by atoms with Crippen LogP contribution in [0.4, 0.5) is 0 Å². The zero-order valence-corrected chi connectivity index (χ0v) is 17.2. The molecule has 1 N–H and O–H groups in total. The largest absolute Gasteiger partial charge is 0.344 e. The summed E-state index contributed by atoms with van der Waals surface area (Å²) in [5.41, 5.74) is 4.22. The molecule has 5 aliphatic rings. The van der Waals surface area contributed by atoms with Gasteiger partial charge in [-0.25, -0.2) is 0 Å². The monoisotopic (exact) mass is 383 g/mol. The third kappa shape index (κ3) is 3.03. The van der Waals surface area contributed by atoms with E-state index in [-0.39, 0.29) is 12.3 Å². The molecule has 0 amide bonds. The lowest BCUT2D eigenvalue weighted by molar-refractivity contribution is 0.256. The third-order valence-corrected chi connectivity index (χ3v) is 7.42. The maximum atomic E-state index is 5.28. The molecule has 0 bridgehead atoms. The summed E-state index contributed by atoms with van der Waals surface area (Å²) in [6.07, 6.45) is 18.8. The molecule has 1 aromatic carbocycles. The SMILES string of the molecule is Cc1cccc(CC2=NC(C3C4C=CC=CC43)NC(C3=CC=CC4CC34)N2C)c1. The number of likely N-dealkylation sites (N-methyl/N-ethyl adjacent to an activating group) is 1. The fourth-order valence-electron chi connectivity index (χ4n) is 5.64. The van der Waals surface area contributed by atoms with E-state index in [0.717, 1.165) is 18.3 Å². The topological polar surface area (TPSA) is 27.6 Å². The zero-order chi connectivity index (χ0) is 19.5. The van der Waals surface area contributed by atoms with Crippen molar-refractivity contribution in [2.75, 3.05) is 7.05 Å². The van der Waals surface area contributed by atoms with E-state index >= 15 is 0 Å². The zero-order valence-electron chi connectivity index (χ0n) is 17.2. The predicted molar refractivity (Wildman–Crippen MR) is 118 cm³/mol. The summed E-state index contributed by atoms with van der Waals surface area (Å²) in [6, 6.07) is 8.86. The summed E-state index contributed by atoms with van der Waals surface area (Å²) < 4.78 is 0. The van der Waals surface area contributed by atoms with Gasteiger partial charge in [0.1, 0.15) is 18.2 Å². The highest BCUT2D eigenvalue weighted by atomic mass is 15.4. The van der Waals surface area contributed by atoms with Gasteiger partial charge in [0, 0.05) is 19.4 Å². The van der Waals surface area contributed by atoms with Crippen molar-refractivity contribution < 1.29 is 0 Å². The number of rotatable bonds is 4. The molecule has 2 fully saturated rings. The van der Waals surface area contributed by atoms with Crippen LogP contribution in [-0.4, -0.2) is 30.1 Å². The molecule has 1 aromatic rings. The molecule has 148 valence electrons. The molecule has 6 unspecified atom stereocenters. The van der Waals surface area contributed by atoms with E-state index in [0.29, 0.717) is 17.8 Å². The van der Waals surface area contributed by atoms with Crippen LogP contribution >= 0.6 is 0 Å². The maximum absolute atomic E-state index is 5.28. The standard InChI is InChI=1S/C26H29N3/c1-16-7-5-8-17(13-16)14-23-27-25(24-19-10-3-4-11-20(19)24)28-26(29(23)2)21-12-6-9-18-15-22(18)21/h3-13,18-20,22,24-26,28H,14-15H2,1-2H3. The minimum atomic E-state index is 0.197. The first-order valence-electron chi connectivity index (χ1n) is 11.0. The molecule has 29 heavy (non-hydrogen) atoms. The number of fused-ring (bicyclic) bond motifs is 2. The summed E-state index contributed by atoms with van der Waals surface area (Å²) in [7, 11) is 2.22. The summed E-state index contributed by atoms with van der Waals surface area (Å²) in [5, 5.41) is 3.94. The van der Waals surface area contributed by atoms with Crippen LogP contribution in [0.1, 0.15) is 17.5 Å². The van der Waals surface area contributed by atoms with Gasteiger partial charge in [0.05, 0.1) is 0 Å². The predicted octanol–water partition coefficient (Wildman–Crippen LogP) is 4.24. The lowest BCUT2D eigenvalue weighted by Gasteiger charge is -2.41. The third-order valence-electron chi connectivity index (χ3n) is 7.42. The van der Waals surface area contributed by atoms with Crippen molar-refractivity contribution in [2.45, 2.75) is 32.1 Å². The molecule has 2 saturated carbocycles. The molecule has 0 saturated heterocycles. The van der Waals surface area contributed by atoms with Crippen LogP contribution in [0.5, 0.6) is 0 Å². The number of allylic oxidation sites excluding steroid dienone is 7. The van der Waals surface area contributed by atoms with Crippen molar-refractivity contribution >= 4 is 5.84 Å². The Labute approximate surface area is 173 Å². The number of nitrogens with zero attached hydrogens (tertiary/aromatic N) is 2. The maximum Gasteiger partial charge on any atom is 0.107 e. The van der Waals surface area contributed by atoms with Gasteiger partial charge in [-0.3, -0.25) is 10.3 Å². The van der Waals surface area contributed by atoms with Crippen LogP contribution in [0.25, 0.3) is 0 Å². The number of aliphatic imine (C=N–C) groups is 1. The van der Waals surface area contributed by atoms with Crippen molar-refractivity contribution in [3.05, 3.63) is 83.5 Å². The fourth-order valence-corrected chi connectivity index (χ4v) is 5.64. The van der Waals surface area contributed by atoms with E-state index in [1.165, 1.54) is 23.4 Å². The molecule has 0 radical (unpaired) electrons. The normalized spacial score (nSPS) is 38.8. The summed E-state index contributed by atoms with van der Waals surface area (Å²) >= 11 is 0. The Bertz CT molecular complexity index is 963. The Kier molecular flexibility index (Phi) is 3.95. The first-order chi connectivity index (χ1) is 14.2. The lowest BCUT2D eigenvalue weighted by atomic mass is 9.98. The van der Waals surface area contributed by atoms with Crippen molar-refractivity contribution in [3.63, 3.8) is 0 Å². The van der Waals surface area contributed by atoms with Crippen molar-refractivity contribution in [1.29, 1.82) is 0 Å². The van der Waals surface area contributed by atoms with Crippen molar-refractivity contribution in [1.82, 2.24) is 10.2 Å². The van der Waals surface area contributed by atoms with Crippen LogP contribution in [0.3, 0.4) is 0 Å². The molecular weight excluding hydrogens is 354 g/mol. The minimum Gasteiger partial charge on any atom is -0.344 e. The fraction of sp³-hybridized carbons (Fsp3) is 0.423.